The fourth-order valence-corrected chi connectivity index (χ4v) is 2.33. The van der Waals surface area contributed by atoms with Gasteiger partial charge in [0, 0.05) is 12.1 Å². The van der Waals surface area contributed by atoms with E-state index in [9.17, 15) is 13.6 Å². The number of halogens is 2. The highest BCUT2D eigenvalue weighted by atomic mass is 19.1. The molecule has 0 unspecified atom stereocenters. The zero-order chi connectivity index (χ0) is 17.3. The number of hydrogen-bond acceptors (Lipinski definition) is 4. The van der Waals surface area contributed by atoms with Gasteiger partial charge in [0.2, 0.25) is 0 Å². The number of amides is 1. The first-order chi connectivity index (χ1) is 11.4. The smallest absolute Gasteiger partial charge is 0.255 e. The second-order valence-corrected chi connectivity index (χ2v) is 5.32. The van der Waals surface area contributed by atoms with Crippen LogP contribution in [0.15, 0.2) is 39.3 Å². The molecule has 1 N–H and O–H groups in total. The summed E-state index contributed by atoms with van der Waals surface area (Å²) in [6.45, 7) is 3.56. The topological polar surface area (TPSA) is 68.3 Å². The van der Waals surface area contributed by atoms with Crippen molar-refractivity contribution in [1.29, 1.82) is 0 Å². The molecule has 0 aliphatic carbocycles. The van der Waals surface area contributed by atoms with Crippen molar-refractivity contribution in [2.45, 2.75) is 20.4 Å². The number of aromatic nitrogens is 1. The summed E-state index contributed by atoms with van der Waals surface area (Å²) in [4.78, 5) is 12.1. The lowest BCUT2D eigenvalue weighted by Crippen LogP contribution is -2.23. The molecule has 0 aliphatic rings. The van der Waals surface area contributed by atoms with Gasteiger partial charge in [0.25, 0.3) is 5.91 Å². The van der Waals surface area contributed by atoms with Gasteiger partial charge in [-0.2, -0.15) is 0 Å². The Hall–Kier alpha value is -2.96. The van der Waals surface area contributed by atoms with Crippen molar-refractivity contribution < 1.29 is 22.5 Å². The third-order valence-electron chi connectivity index (χ3n) is 3.47. The van der Waals surface area contributed by atoms with Gasteiger partial charge in [0.15, 0.2) is 5.76 Å². The zero-order valence-electron chi connectivity index (χ0n) is 13.0. The molecular formula is C17H14F2N2O3. The fourth-order valence-electron chi connectivity index (χ4n) is 2.33. The Kier molecular flexibility index (Phi) is 4.16. The predicted molar refractivity (Wildman–Crippen MR) is 81.2 cm³/mol. The molecule has 0 bridgehead atoms. The van der Waals surface area contributed by atoms with Crippen LogP contribution in [0.3, 0.4) is 0 Å². The van der Waals surface area contributed by atoms with E-state index >= 15 is 0 Å². The van der Waals surface area contributed by atoms with E-state index in [1.807, 2.05) is 0 Å². The van der Waals surface area contributed by atoms with E-state index in [1.165, 1.54) is 12.1 Å². The minimum absolute atomic E-state index is 0.0998. The van der Waals surface area contributed by atoms with E-state index in [0.717, 1.165) is 12.1 Å². The van der Waals surface area contributed by atoms with Gasteiger partial charge in [0.1, 0.15) is 28.8 Å². The molecule has 0 aliphatic heterocycles. The Balaban J connectivity index is 1.70. The van der Waals surface area contributed by atoms with Crippen molar-refractivity contribution in [3.63, 3.8) is 0 Å². The van der Waals surface area contributed by atoms with Crippen molar-refractivity contribution in [3.8, 4) is 11.3 Å². The Labute approximate surface area is 136 Å². The summed E-state index contributed by atoms with van der Waals surface area (Å²) >= 11 is 0. The molecule has 0 saturated carbocycles. The maximum absolute atomic E-state index is 13.7. The molecule has 124 valence electrons. The van der Waals surface area contributed by atoms with Gasteiger partial charge in [-0.15, -0.1) is 0 Å². The largest absolute Gasteiger partial charge is 0.466 e. The molecule has 0 fully saturated rings. The minimum Gasteiger partial charge on any atom is -0.466 e. The van der Waals surface area contributed by atoms with Crippen LogP contribution in [0.5, 0.6) is 0 Å². The molecule has 1 amide bonds. The molecule has 3 aromatic rings. The number of hydrogen-bond donors (Lipinski definition) is 1. The number of rotatable bonds is 4. The second-order valence-electron chi connectivity index (χ2n) is 5.32. The van der Waals surface area contributed by atoms with Gasteiger partial charge in [-0.25, -0.2) is 8.78 Å². The molecular weight excluding hydrogens is 318 g/mol. The predicted octanol–water partition coefficient (Wildman–Crippen LogP) is 3.76. The summed E-state index contributed by atoms with van der Waals surface area (Å²) in [5, 5.41) is 6.46. The summed E-state index contributed by atoms with van der Waals surface area (Å²) in [6, 6.07) is 6.30. The van der Waals surface area contributed by atoms with Crippen molar-refractivity contribution in [2.75, 3.05) is 0 Å². The molecule has 0 saturated heterocycles. The fraction of sp³-hybridized carbons (Fsp3) is 0.176. The van der Waals surface area contributed by atoms with E-state index in [-0.39, 0.29) is 23.8 Å². The Bertz CT molecular complexity index is 899. The lowest BCUT2D eigenvalue weighted by atomic mass is 10.1. The maximum Gasteiger partial charge on any atom is 0.255 e. The van der Waals surface area contributed by atoms with Gasteiger partial charge in [-0.05, 0) is 32.0 Å². The molecule has 5 nitrogen and oxygen atoms in total. The number of carbonyl (C=O) groups excluding carboxylic acids is 1. The molecule has 0 radical (unpaired) electrons. The van der Waals surface area contributed by atoms with Crippen LogP contribution in [-0.4, -0.2) is 11.1 Å². The summed E-state index contributed by atoms with van der Waals surface area (Å²) in [7, 11) is 0. The molecule has 1 aromatic carbocycles. The Morgan fingerprint density at radius 2 is 2.00 bits per heavy atom. The molecule has 0 spiro atoms. The third-order valence-corrected chi connectivity index (χ3v) is 3.47. The molecule has 24 heavy (non-hydrogen) atoms. The van der Waals surface area contributed by atoms with Crippen LogP contribution in [0.25, 0.3) is 11.3 Å². The first-order valence-corrected chi connectivity index (χ1v) is 7.20. The molecule has 2 aromatic heterocycles. The number of nitrogens with one attached hydrogen (secondary N) is 1. The monoisotopic (exact) mass is 332 g/mol. The van der Waals surface area contributed by atoms with Crippen molar-refractivity contribution >= 4 is 5.91 Å². The van der Waals surface area contributed by atoms with Crippen LogP contribution in [-0.2, 0) is 6.54 Å². The number of aryl methyl sites for hydroxylation is 2. The van der Waals surface area contributed by atoms with E-state index in [0.29, 0.717) is 22.8 Å². The van der Waals surface area contributed by atoms with Gasteiger partial charge >= 0.3 is 0 Å². The van der Waals surface area contributed by atoms with Crippen LogP contribution >= 0.6 is 0 Å². The van der Waals surface area contributed by atoms with Gasteiger partial charge in [-0.1, -0.05) is 5.16 Å². The Morgan fingerprint density at radius 3 is 2.67 bits per heavy atom. The number of carbonyl (C=O) groups is 1. The lowest BCUT2D eigenvalue weighted by molar-refractivity contribution is 0.0948. The van der Waals surface area contributed by atoms with E-state index in [4.69, 9.17) is 8.94 Å². The Morgan fingerprint density at radius 1 is 1.21 bits per heavy atom. The van der Waals surface area contributed by atoms with E-state index in [2.05, 4.69) is 10.5 Å². The summed E-state index contributed by atoms with van der Waals surface area (Å²) in [5.41, 5.74) is 0.962. The second kappa shape index (κ2) is 6.27. The number of furan rings is 1. The number of nitrogens with zero attached hydrogens (tertiary/aromatic N) is 1. The van der Waals surface area contributed by atoms with Crippen LogP contribution in [0.4, 0.5) is 8.78 Å². The highest BCUT2D eigenvalue weighted by molar-refractivity contribution is 5.95. The average Bonchev–Trinajstić information content (AvgIpc) is 3.11. The standard InChI is InChI=1S/C17H14F2N2O3/c1-9-5-14(10(2)23-9)17(22)20-8-12-7-16(24-21-12)13-4-3-11(18)6-15(13)19/h3-7H,8H2,1-2H3,(H,20,22). The van der Waals surface area contributed by atoms with Crippen molar-refractivity contribution in [1.82, 2.24) is 10.5 Å². The van der Waals surface area contributed by atoms with Crippen LogP contribution in [0.1, 0.15) is 27.6 Å². The van der Waals surface area contributed by atoms with Gasteiger partial charge < -0.3 is 14.3 Å². The normalized spacial score (nSPS) is 10.8. The molecule has 3 rings (SSSR count). The molecule has 0 atom stereocenters. The van der Waals surface area contributed by atoms with Gasteiger partial charge in [0.05, 0.1) is 17.7 Å². The van der Waals surface area contributed by atoms with Crippen LogP contribution in [0.2, 0.25) is 0 Å². The summed E-state index contributed by atoms with van der Waals surface area (Å²) in [6.07, 6.45) is 0. The third kappa shape index (κ3) is 3.19. The molecule has 7 heteroatoms. The maximum atomic E-state index is 13.7. The van der Waals surface area contributed by atoms with Crippen molar-refractivity contribution in [2.24, 2.45) is 0 Å². The average molecular weight is 332 g/mol. The van der Waals surface area contributed by atoms with E-state index in [1.54, 1.807) is 19.9 Å². The first kappa shape index (κ1) is 15.9. The minimum atomic E-state index is -0.744. The SMILES string of the molecule is Cc1cc(C(=O)NCc2cc(-c3ccc(F)cc3F)on2)c(C)o1. The first-order valence-electron chi connectivity index (χ1n) is 7.20. The summed E-state index contributed by atoms with van der Waals surface area (Å²) < 4.78 is 37.0. The summed E-state index contributed by atoms with van der Waals surface area (Å²) in [5.74, 6) is -0.387. The highest BCUT2D eigenvalue weighted by Crippen LogP contribution is 2.24. The zero-order valence-corrected chi connectivity index (χ0v) is 13.0. The van der Waals surface area contributed by atoms with E-state index < -0.39 is 11.6 Å². The number of benzene rings is 1. The quantitative estimate of drug-likeness (QED) is 0.790. The van der Waals surface area contributed by atoms with Crippen LogP contribution in [0, 0.1) is 25.5 Å². The van der Waals surface area contributed by atoms with Crippen LogP contribution < -0.4 is 5.32 Å². The lowest BCUT2D eigenvalue weighted by Gasteiger charge is -2.00. The molecule has 2 heterocycles. The van der Waals surface area contributed by atoms with Crippen molar-refractivity contribution in [3.05, 3.63) is 64.7 Å². The van der Waals surface area contributed by atoms with Gasteiger partial charge in [-0.3, -0.25) is 4.79 Å². The highest BCUT2D eigenvalue weighted by Gasteiger charge is 2.15.